The van der Waals surface area contributed by atoms with E-state index in [4.69, 9.17) is 0 Å². The number of nitrogens with zero attached hydrogens (tertiary/aromatic N) is 2. The Morgan fingerprint density at radius 3 is 2.78 bits per heavy atom. The number of aliphatic hydroxyl groups is 1. The minimum atomic E-state index is -0.258. The topological polar surface area (TPSA) is 38.0 Å². The second-order valence-electron chi connectivity index (χ2n) is 5.48. The summed E-state index contributed by atoms with van der Waals surface area (Å²) < 4.78 is 1.95. The van der Waals surface area contributed by atoms with Gasteiger partial charge >= 0.3 is 0 Å². The molecule has 0 saturated heterocycles. The lowest BCUT2D eigenvalue weighted by atomic mass is 10.2. The zero-order valence-corrected chi connectivity index (χ0v) is 12.2. The first-order valence-electron chi connectivity index (χ1n) is 6.99. The van der Waals surface area contributed by atoms with E-state index in [9.17, 15) is 5.11 Å². The zero-order valence-electron chi connectivity index (χ0n) is 11.4. The molecule has 1 aromatic heterocycles. The molecule has 0 amide bonds. The second-order valence-corrected chi connectivity index (χ2v) is 6.81. The predicted octanol–water partition coefficient (Wildman–Crippen LogP) is 3.04. The van der Waals surface area contributed by atoms with Gasteiger partial charge in [-0.15, -0.1) is 0 Å². The molecule has 1 aliphatic carbocycles. The largest absolute Gasteiger partial charge is 0.392 e. The maximum absolute atomic E-state index is 10.0. The first kappa shape index (κ1) is 13.9. The fraction of sp³-hybridized carbons (Fsp3) is 0.786. The number of aromatic nitrogens is 2. The van der Waals surface area contributed by atoms with Gasteiger partial charge in [-0.2, -0.15) is 16.9 Å². The minimum absolute atomic E-state index is 0.258. The van der Waals surface area contributed by atoms with Crippen molar-refractivity contribution in [2.75, 3.05) is 5.75 Å². The van der Waals surface area contributed by atoms with Crippen molar-refractivity contribution in [2.45, 2.75) is 63.3 Å². The minimum Gasteiger partial charge on any atom is -0.392 e. The Morgan fingerprint density at radius 2 is 2.17 bits per heavy atom. The van der Waals surface area contributed by atoms with Crippen LogP contribution in [0.25, 0.3) is 0 Å². The summed E-state index contributed by atoms with van der Waals surface area (Å²) in [4.78, 5) is 0. The quantitative estimate of drug-likeness (QED) is 0.861. The van der Waals surface area contributed by atoms with Crippen LogP contribution in [0.15, 0.2) is 12.3 Å². The normalized spacial score (nSPS) is 18.7. The van der Waals surface area contributed by atoms with Crippen LogP contribution in [-0.4, -0.2) is 32.0 Å². The van der Waals surface area contributed by atoms with Gasteiger partial charge in [0.05, 0.1) is 11.8 Å². The van der Waals surface area contributed by atoms with Crippen LogP contribution in [0.5, 0.6) is 0 Å². The highest BCUT2D eigenvalue weighted by Gasteiger charge is 2.17. The molecule has 0 bridgehead atoms. The first-order chi connectivity index (χ1) is 8.65. The molecule has 0 spiro atoms. The Bertz CT molecular complexity index is 358. The van der Waals surface area contributed by atoms with E-state index in [0.29, 0.717) is 12.5 Å². The van der Waals surface area contributed by atoms with Gasteiger partial charge in [0, 0.05) is 29.7 Å². The van der Waals surface area contributed by atoms with Gasteiger partial charge in [-0.3, -0.25) is 4.68 Å². The van der Waals surface area contributed by atoms with Gasteiger partial charge in [0.15, 0.2) is 0 Å². The molecule has 3 nitrogen and oxygen atoms in total. The summed E-state index contributed by atoms with van der Waals surface area (Å²) in [6.45, 7) is 4.23. The van der Waals surface area contributed by atoms with Crippen LogP contribution in [0, 0.1) is 0 Å². The van der Waals surface area contributed by atoms with E-state index >= 15 is 0 Å². The van der Waals surface area contributed by atoms with Crippen molar-refractivity contribution in [3.63, 3.8) is 0 Å². The SMILES string of the molecule is CC(C)n1ccc(CC(O)CSC2CCCC2)n1. The molecule has 1 saturated carbocycles. The number of hydrogen-bond donors (Lipinski definition) is 1. The van der Waals surface area contributed by atoms with E-state index in [1.54, 1.807) is 0 Å². The molecular weight excluding hydrogens is 244 g/mol. The lowest BCUT2D eigenvalue weighted by Crippen LogP contribution is -2.16. The maximum atomic E-state index is 10.0. The van der Waals surface area contributed by atoms with Crippen molar-refractivity contribution in [1.82, 2.24) is 9.78 Å². The monoisotopic (exact) mass is 268 g/mol. The Balaban J connectivity index is 1.73. The molecular formula is C14H24N2OS. The van der Waals surface area contributed by atoms with Gasteiger partial charge in [0.25, 0.3) is 0 Å². The number of hydrogen-bond acceptors (Lipinski definition) is 3. The highest BCUT2D eigenvalue weighted by Crippen LogP contribution is 2.29. The summed E-state index contributed by atoms with van der Waals surface area (Å²) in [5.74, 6) is 0.846. The molecule has 0 aliphatic heterocycles. The summed E-state index contributed by atoms with van der Waals surface area (Å²) in [5.41, 5.74) is 1.00. The third-order valence-corrected chi connectivity index (χ3v) is 4.98. The Morgan fingerprint density at radius 1 is 1.44 bits per heavy atom. The zero-order chi connectivity index (χ0) is 13.0. The number of aliphatic hydroxyl groups excluding tert-OH is 1. The molecule has 0 radical (unpaired) electrons. The van der Waals surface area contributed by atoms with E-state index in [-0.39, 0.29) is 6.10 Å². The third kappa shape index (κ3) is 4.02. The first-order valence-corrected chi connectivity index (χ1v) is 8.03. The van der Waals surface area contributed by atoms with Crippen LogP contribution >= 0.6 is 11.8 Å². The van der Waals surface area contributed by atoms with Crippen LogP contribution in [-0.2, 0) is 6.42 Å². The molecule has 18 heavy (non-hydrogen) atoms. The van der Waals surface area contributed by atoms with E-state index < -0.39 is 0 Å². The molecule has 2 rings (SSSR count). The number of thioether (sulfide) groups is 1. The van der Waals surface area contributed by atoms with E-state index in [2.05, 4.69) is 18.9 Å². The fourth-order valence-electron chi connectivity index (χ4n) is 2.38. The average molecular weight is 268 g/mol. The van der Waals surface area contributed by atoms with Crippen LogP contribution in [0.3, 0.4) is 0 Å². The summed E-state index contributed by atoms with van der Waals surface area (Å²) >= 11 is 1.94. The molecule has 1 N–H and O–H groups in total. The highest BCUT2D eigenvalue weighted by molar-refractivity contribution is 7.99. The molecule has 4 heteroatoms. The van der Waals surface area contributed by atoms with Crippen LogP contribution in [0.4, 0.5) is 0 Å². The molecule has 1 unspecified atom stereocenters. The highest BCUT2D eigenvalue weighted by atomic mass is 32.2. The lowest BCUT2D eigenvalue weighted by molar-refractivity contribution is 0.198. The third-order valence-electron chi connectivity index (χ3n) is 3.46. The molecule has 1 heterocycles. The van der Waals surface area contributed by atoms with E-state index in [1.165, 1.54) is 25.7 Å². The molecule has 0 aromatic carbocycles. The molecule has 1 atom stereocenters. The molecule has 1 fully saturated rings. The van der Waals surface area contributed by atoms with Gasteiger partial charge in [-0.05, 0) is 32.8 Å². The second kappa shape index (κ2) is 6.62. The Kier molecular flexibility index (Phi) is 5.13. The van der Waals surface area contributed by atoms with Crippen LogP contribution in [0.2, 0.25) is 0 Å². The van der Waals surface area contributed by atoms with E-state index in [0.717, 1.165) is 16.7 Å². The van der Waals surface area contributed by atoms with Gasteiger partial charge in [0.1, 0.15) is 0 Å². The fourth-order valence-corrected chi connectivity index (χ4v) is 3.66. The van der Waals surface area contributed by atoms with Crippen molar-refractivity contribution < 1.29 is 5.11 Å². The summed E-state index contributed by atoms with van der Waals surface area (Å²) in [5, 5.41) is 15.3. The van der Waals surface area contributed by atoms with Gasteiger partial charge in [-0.1, -0.05) is 12.8 Å². The van der Waals surface area contributed by atoms with Crippen molar-refractivity contribution in [3.05, 3.63) is 18.0 Å². The van der Waals surface area contributed by atoms with E-state index in [1.807, 2.05) is 28.7 Å². The number of rotatable bonds is 6. The van der Waals surface area contributed by atoms with Gasteiger partial charge in [-0.25, -0.2) is 0 Å². The Labute approximate surface area is 114 Å². The van der Waals surface area contributed by atoms with Crippen LogP contribution < -0.4 is 0 Å². The van der Waals surface area contributed by atoms with Crippen molar-refractivity contribution in [2.24, 2.45) is 0 Å². The summed E-state index contributed by atoms with van der Waals surface area (Å²) in [6.07, 6.45) is 7.82. The average Bonchev–Trinajstić information content (AvgIpc) is 2.96. The van der Waals surface area contributed by atoms with Crippen molar-refractivity contribution in [3.8, 4) is 0 Å². The van der Waals surface area contributed by atoms with Crippen LogP contribution in [0.1, 0.15) is 51.3 Å². The molecule has 1 aliphatic rings. The van der Waals surface area contributed by atoms with Gasteiger partial charge in [0.2, 0.25) is 0 Å². The molecule has 102 valence electrons. The predicted molar refractivity (Wildman–Crippen MR) is 77.0 cm³/mol. The van der Waals surface area contributed by atoms with Gasteiger partial charge < -0.3 is 5.11 Å². The lowest BCUT2D eigenvalue weighted by Gasteiger charge is -2.12. The summed E-state index contributed by atoms with van der Waals surface area (Å²) in [6, 6.07) is 2.41. The molecule has 1 aromatic rings. The Hall–Kier alpha value is -0.480. The smallest absolute Gasteiger partial charge is 0.0686 e. The summed E-state index contributed by atoms with van der Waals surface area (Å²) in [7, 11) is 0. The van der Waals surface area contributed by atoms with Crippen molar-refractivity contribution >= 4 is 11.8 Å². The maximum Gasteiger partial charge on any atom is 0.0686 e. The van der Waals surface area contributed by atoms with Crippen molar-refractivity contribution in [1.29, 1.82) is 0 Å². The standard InChI is InChI=1S/C14H24N2OS/c1-11(2)16-8-7-12(15-16)9-13(17)10-18-14-5-3-4-6-14/h7-8,11,13-14,17H,3-6,9-10H2,1-2H3.